The van der Waals surface area contributed by atoms with Gasteiger partial charge in [-0.3, -0.25) is 9.48 Å². The zero-order chi connectivity index (χ0) is 10.4. The molecular weight excluding hydrogens is 184 g/mol. The van der Waals surface area contributed by atoms with Crippen LogP contribution in [0.2, 0.25) is 0 Å². The molecule has 1 amide bonds. The van der Waals surface area contributed by atoms with Crippen molar-refractivity contribution in [1.29, 1.82) is 0 Å². The van der Waals surface area contributed by atoms with Gasteiger partial charge in [-0.25, -0.2) is 4.98 Å². The number of nitrogens with zero attached hydrogens (tertiary/aromatic N) is 3. The van der Waals surface area contributed by atoms with Crippen molar-refractivity contribution in [2.75, 3.05) is 6.61 Å². The highest BCUT2D eigenvalue weighted by molar-refractivity contribution is 5.76. The van der Waals surface area contributed by atoms with Gasteiger partial charge in [0.15, 0.2) is 0 Å². The fourth-order valence-corrected chi connectivity index (χ4v) is 0.957. The van der Waals surface area contributed by atoms with Gasteiger partial charge in [0.1, 0.15) is 12.7 Å². The first-order valence-electron chi connectivity index (χ1n) is 4.45. The molecule has 0 aliphatic heterocycles. The van der Waals surface area contributed by atoms with E-state index in [1.165, 1.54) is 6.33 Å². The highest BCUT2D eigenvalue weighted by atomic mass is 16.3. The van der Waals surface area contributed by atoms with E-state index in [4.69, 9.17) is 5.11 Å². The Morgan fingerprint density at radius 3 is 3.07 bits per heavy atom. The Balaban J connectivity index is 2.22. The summed E-state index contributed by atoms with van der Waals surface area (Å²) in [5.41, 5.74) is 0. The molecule has 1 aromatic rings. The van der Waals surface area contributed by atoms with Crippen molar-refractivity contribution in [3.8, 4) is 0 Å². The number of hydrogen-bond donors (Lipinski definition) is 2. The molecule has 0 aliphatic carbocycles. The van der Waals surface area contributed by atoms with E-state index in [-0.39, 0.29) is 18.6 Å². The van der Waals surface area contributed by atoms with Gasteiger partial charge in [0, 0.05) is 12.5 Å². The lowest BCUT2D eigenvalue weighted by atomic mass is 10.3. The van der Waals surface area contributed by atoms with Crippen LogP contribution in [0.3, 0.4) is 0 Å². The van der Waals surface area contributed by atoms with Crippen molar-refractivity contribution < 1.29 is 9.90 Å². The maximum Gasteiger partial charge on any atom is 0.222 e. The second kappa shape index (κ2) is 5.33. The van der Waals surface area contributed by atoms with Crippen LogP contribution in [0.5, 0.6) is 0 Å². The van der Waals surface area contributed by atoms with E-state index >= 15 is 0 Å². The van der Waals surface area contributed by atoms with E-state index in [2.05, 4.69) is 15.4 Å². The summed E-state index contributed by atoms with van der Waals surface area (Å²) in [5, 5.41) is 15.2. The first-order valence-corrected chi connectivity index (χ1v) is 4.45. The fourth-order valence-electron chi connectivity index (χ4n) is 0.957. The van der Waals surface area contributed by atoms with Crippen molar-refractivity contribution in [2.24, 2.45) is 0 Å². The van der Waals surface area contributed by atoms with Gasteiger partial charge in [0.05, 0.1) is 13.2 Å². The summed E-state index contributed by atoms with van der Waals surface area (Å²) in [5.74, 6) is -0.0953. The Labute approximate surface area is 82.0 Å². The van der Waals surface area contributed by atoms with Crippen molar-refractivity contribution in [3.63, 3.8) is 0 Å². The lowest BCUT2D eigenvalue weighted by molar-refractivity contribution is -0.122. The predicted octanol–water partition coefficient (Wildman–Crippen LogP) is -0.835. The van der Waals surface area contributed by atoms with Crippen LogP contribution in [-0.4, -0.2) is 38.4 Å². The standard InChI is InChI=1S/C8H14N4O2/c1-7(4-13)11-8(14)2-3-12-6-9-5-10-12/h5-7,13H,2-4H2,1H3,(H,11,14)/t7-/m1/s1. The van der Waals surface area contributed by atoms with Crippen LogP contribution in [0.4, 0.5) is 0 Å². The largest absolute Gasteiger partial charge is 0.394 e. The van der Waals surface area contributed by atoms with Crippen molar-refractivity contribution in [1.82, 2.24) is 20.1 Å². The average molecular weight is 198 g/mol. The van der Waals surface area contributed by atoms with E-state index in [0.717, 1.165) is 0 Å². The molecule has 0 saturated carbocycles. The Hall–Kier alpha value is -1.43. The molecule has 78 valence electrons. The molecule has 1 rings (SSSR count). The van der Waals surface area contributed by atoms with Crippen molar-refractivity contribution in [3.05, 3.63) is 12.7 Å². The lowest BCUT2D eigenvalue weighted by Crippen LogP contribution is -2.35. The quantitative estimate of drug-likeness (QED) is 0.647. The summed E-state index contributed by atoms with van der Waals surface area (Å²) in [6.45, 7) is 2.20. The van der Waals surface area contributed by atoms with Crippen LogP contribution in [-0.2, 0) is 11.3 Å². The summed E-state index contributed by atoms with van der Waals surface area (Å²) >= 11 is 0. The van der Waals surface area contributed by atoms with E-state index in [1.54, 1.807) is 17.9 Å². The zero-order valence-corrected chi connectivity index (χ0v) is 8.05. The number of aliphatic hydroxyl groups is 1. The third-order valence-electron chi connectivity index (χ3n) is 1.72. The number of aromatic nitrogens is 3. The van der Waals surface area contributed by atoms with Crippen LogP contribution >= 0.6 is 0 Å². The average Bonchev–Trinajstić information content (AvgIpc) is 2.67. The van der Waals surface area contributed by atoms with Gasteiger partial charge in [0.2, 0.25) is 5.91 Å². The zero-order valence-electron chi connectivity index (χ0n) is 8.05. The minimum absolute atomic E-state index is 0.0466. The Kier molecular flexibility index (Phi) is 4.06. The predicted molar refractivity (Wildman–Crippen MR) is 49.3 cm³/mol. The van der Waals surface area contributed by atoms with Gasteiger partial charge in [-0.1, -0.05) is 0 Å². The molecule has 14 heavy (non-hydrogen) atoms. The molecule has 1 aromatic heterocycles. The minimum atomic E-state index is -0.196. The first kappa shape index (κ1) is 10.6. The Morgan fingerprint density at radius 2 is 2.50 bits per heavy atom. The monoisotopic (exact) mass is 198 g/mol. The topological polar surface area (TPSA) is 80.0 Å². The second-order valence-corrected chi connectivity index (χ2v) is 3.06. The maximum absolute atomic E-state index is 11.2. The van der Waals surface area contributed by atoms with Crippen LogP contribution < -0.4 is 5.32 Å². The smallest absolute Gasteiger partial charge is 0.222 e. The number of amides is 1. The molecule has 0 fully saturated rings. The number of carbonyl (C=O) groups is 1. The van der Waals surface area contributed by atoms with Gasteiger partial charge < -0.3 is 10.4 Å². The van der Waals surface area contributed by atoms with Gasteiger partial charge in [-0.2, -0.15) is 5.10 Å². The molecule has 0 unspecified atom stereocenters. The Bertz CT molecular complexity index is 273. The molecule has 0 radical (unpaired) electrons. The molecule has 1 atom stereocenters. The third kappa shape index (κ3) is 3.53. The molecule has 0 saturated heterocycles. The molecule has 2 N–H and O–H groups in total. The highest BCUT2D eigenvalue weighted by Crippen LogP contribution is 1.88. The van der Waals surface area contributed by atoms with Crippen LogP contribution in [0.25, 0.3) is 0 Å². The summed E-state index contributed by atoms with van der Waals surface area (Å²) < 4.78 is 1.59. The summed E-state index contributed by atoms with van der Waals surface area (Å²) in [7, 11) is 0. The molecule has 0 aliphatic rings. The molecule has 1 heterocycles. The fraction of sp³-hybridized carbons (Fsp3) is 0.625. The third-order valence-corrected chi connectivity index (χ3v) is 1.72. The van der Waals surface area contributed by atoms with Gasteiger partial charge >= 0.3 is 0 Å². The summed E-state index contributed by atoms with van der Waals surface area (Å²) in [6.07, 6.45) is 3.32. The number of carbonyl (C=O) groups excluding carboxylic acids is 1. The summed E-state index contributed by atoms with van der Waals surface area (Å²) in [4.78, 5) is 15.0. The van der Waals surface area contributed by atoms with Crippen molar-refractivity contribution in [2.45, 2.75) is 25.9 Å². The van der Waals surface area contributed by atoms with E-state index in [0.29, 0.717) is 13.0 Å². The SMILES string of the molecule is C[C@H](CO)NC(=O)CCn1cncn1. The number of aryl methyl sites for hydroxylation is 1. The van der Waals surface area contributed by atoms with Crippen LogP contribution in [0, 0.1) is 0 Å². The second-order valence-electron chi connectivity index (χ2n) is 3.06. The van der Waals surface area contributed by atoms with Gasteiger partial charge in [0.25, 0.3) is 0 Å². The van der Waals surface area contributed by atoms with Crippen molar-refractivity contribution >= 4 is 5.91 Å². The molecular formula is C8H14N4O2. The van der Waals surface area contributed by atoms with E-state index in [9.17, 15) is 4.79 Å². The van der Waals surface area contributed by atoms with Gasteiger partial charge in [-0.05, 0) is 6.92 Å². The number of aliphatic hydroxyl groups excluding tert-OH is 1. The number of nitrogens with one attached hydrogen (secondary N) is 1. The first-order chi connectivity index (χ1) is 6.72. The normalized spacial score (nSPS) is 12.4. The number of hydrogen-bond acceptors (Lipinski definition) is 4. The lowest BCUT2D eigenvalue weighted by Gasteiger charge is -2.10. The Morgan fingerprint density at radius 1 is 1.71 bits per heavy atom. The van der Waals surface area contributed by atoms with Crippen LogP contribution in [0.1, 0.15) is 13.3 Å². The highest BCUT2D eigenvalue weighted by Gasteiger charge is 2.05. The van der Waals surface area contributed by atoms with Crippen LogP contribution in [0.15, 0.2) is 12.7 Å². The minimum Gasteiger partial charge on any atom is -0.394 e. The van der Waals surface area contributed by atoms with Gasteiger partial charge in [-0.15, -0.1) is 0 Å². The summed E-state index contributed by atoms with van der Waals surface area (Å²) in [6, 6.07) is -0.196. The molecule has 6 nitrogen and oxygen atoms in total. The number of rotatable bonds is 5. The van der Waals surface area contributed by atoms with E-state index < -0.39 is 0 Å². The molecule has 0 spiro atoms. The maximum atomic E-state index is 11.2. The van der Waals surface area contributed by atoms with E-state index in [1.807, 2.05) is 0 Å². The molecule has 0 bridgehead atoms. The molecule has 0 aromatic carbocycles. The molecule has 6 heteroatoms.